The van der Waals surface area contributed by atoms with E-state index in [1.165, 1.54) is 0 Å². The van der Waals surface area contributed by atoms with Crippen LogP contribution in [0.5, 0.6) is 5.88 Å². The van der Waals surface area contributed by atoms with Crippen molar-refractivity contribution in [3.05, 3.63) is 69.7 Å². The molecule has 0 bridgehead atoms. The van der Waals surface area contributed by atoms with Crippen LogP contribution >= 0.6 is 23.2 Å². The summed E-state index contributed by atoms with van der Waals surface area (Å²) in [5.74, 6) is 0.659. The van der Waals surface area contributed by atoms with Gasteiger partial charge in [0.1, 0.15) is 0 Å². The number of amides is 1. The number of aryl methyl sites for hydroxylation is 1. The zero-order valence-electron chi connectivity index (χ0n) is 18.0. The third kappa shape index (κ3) is 4.75. The standard InChI is InChI=1S/C25H25Cl2N3O2/c1-15-5-3-6-18(23(15)26)19-7-4-8-20(24(19)27)21-11-9-16(25(30-21)32-2)13-28-14-17-10-12-22(31)29-17/h3-9,11,17,28H,10,12-14H2,1-2H3,(H,29,31)/t17-/m0/s1. The van der Waals surface area contributed by atoms with Crippen molar-refractivity contribution in [2.75, 3.05) is 13.7 Å². The van der Waals surface area contributed by atoms with Gasteiger partial charge in [-0.05, 0) is 25.0 Å². The highest BCUT2D eigenvalue weighted by Gasteiger charge is 2.20. The molecule has 3 aromatic rings. The Labute approximate surface area is 198 Å². The molecule has 2 aromatic carbocycles. The normalized spacial score (nSPS) is 15.6. The van der Waals surface area contributed by atoms with Crippen molar-refractivity contribution in [2.45, 2.75) is 32.4 Å². The maximum Gasteiger partial charge on any atom is 0.220 e. The lowest BCUT2D eigenvalue weighted by molar-refractivity contribution is -0.119. The first kappa shape index (κ1) is 22.6. The first-order valence-electron chi connectivity index (χ1n) is 10.6. The summed E-state index contributed by atoms with van der Waals surface area (Å²) >= 11 is 13.4. The fraction of sp³-hybridized carbons (Fsp3) is 0.280. The summed E-state index contributed by atoms with van der Waals surface area (Å²) in [6.45, 7) is 3.28. The molecule has 1 atom stereocenters. The Bertz CT molecular complexity index is 1150. The van der Waals surface area contributed by atoms with E-state index in [9.17, 15) is 4.79 Å². The van der Waals surface area contributed by atoms with Crippen LogP contribution in [-0.2, 0) is 11.3 Å². The molecular weight excluding hydrogens is 445 g/mol. The summed E-state index contributed by atoms with van der Waals surface area (Å²) in [4.78, 5) is 16.1. The van der Waals surface area contributed by atoms with Gasteiger partial charge in [0.2, 0.25) is 11.8 Å². The lowest BCUT2D eigenvalue weighted by Crippen LogP contribution is -2.35. The summed E-state index contributed by atoms with van der Waals surface area (Å²) in [5, 5.41) is 7.62. The number of methoxy groups -OCH3 is 1. The monoisotopic (exact) mass is 469 g/mol. The van der Waals surface area contributed by atoms with E-state index < -0.39 is 0 Å². The first-order valence-corrected chi connectivity index (χ1v) is 11.3. The quantitative estimate of drug-likeness (QED) is 0.485. The van der Waals surface area contributed by atoms with Gasteiger partial charge < -0.3 is 15.4 Å². The maximum absolute atomic E-state index is 11.3. The molecule has 2 heterocycles. The third-order valence-electron chi connectivity index (χ3n) is 5.68. The second kappa shape index (κ2) is 9.90. The molecule has 0 saturated carbocycles. The zero-order chi connectivity index (χ0) is 22.7. The number of hydrogen-bond acceptors (Lipinski definition) is 4. The molecule has 2 N–H and O–H groups in total. The van der Waals surface area contributed by atoms with Crippen molar-refractivity contribution >= 4 is 29.1 Å². The van der Waals surface area contributed by atoms with Gasteiger partial charge in [0.15, 0.2) is 0 Å². The second-order valence-corrected chi connectivity index (χ2v) is 8.66. The van der Waals surface area contributed by atoms with Crippen LogP contribution in [0.3, 0.4) is 0 Å². The van der Waals surface area contributed by atoms with E-state index in [-0.39, 0.29) is 11.9 Å². The molecule has 1 saturated heterocycles. The highest BCUT2D eigenvalue weighted by molar-refractivity contribution is 6.38. The highest BCUT2D eigenvalue weighted by Crippen LogP contribution is 2.40. The van der Waals surface area contributed by atoms with Gasteiger partial charge in [-0.15, -0.1) is 0 Å². The van der Waals surface area contributed by atoms with E-state index in [0.29, 0.717) is 35.4 Å². The van der Waals surface area contributed by atoms with Crippen LogP contribution in [0.1, 0.15) is 24.0 Å². The van der Waals surface area contributed by atoms with Crippen LogP contribution in [0.15, 0.2) is 48.5 Å². The number of ether oxygens (including phenoxy) is 1. The van der Waals surface area contributed by atoms with Gasteiger partial charge in [0.05, 0.1) is 22.8 Å². The van der Waals surface area contributed by atoms with Crippen LogP contribution in [0.2, 0.25) is 10.0 Å². The lowest BCUT2D eigenvalue weighted by atomic mass is 9.99. The summed E-state index contributed by atoms with van der Waals surface area (Å²) in [6.07, 6.45) is 1.46. The second-order valence-electron chi connectivity index (χ2n) is 7.90. The topological polar surface area (TPSA) is 63.2 Å². The maximum atomic E-state index is 11.3. The smallest absolute Gasteiger partial charge is 0.220 e. The highest BCUT2D eigenvalue weighted by atomic mass is 35.5. The molecule has 1 amide bonds. The van der Waals surface area contributed by atoms with Crippen molar-refractivity contribution in [3.8, 4) is 28.3 Å². The number of carbonyl (C=O) groups excluding carboxylic acids is 1. The van der Waals surface area contributed by atoms with Crippen molar-refractivity contribution in [2.24, 2.45) is 0 Å². The molecular formula is C25H25Cl2N3O2. The minimum atomic E-state index is 0.117. The van der Waals surface area contributed by atoms with Gasteiger partial charge >= 0.3 is 0 Å². The number of benzene rings is 2. The average Bonchev–Trinajstić information content (AvgIpc) is 3.21. The van der Waals surface area contributed by atoms with Crippen LogP contribution in [0, 0.1) is 6.92 Å². The SMILES string of the molecule is COc1nc(-c2cccc(-c3cccc(C)c3Cl)c2Cl)ccc1CNC[C@@H]1CCC(=O)N1. The van der Waals surface area contributed by atoms with Crippen LogP contribution in [-0.4, -0.2) is 30.6 Å². The molecule has 1 fully saturated rings. The lowest BCUT2D eigenvalue weighted by Gasteiger charge is -2.15. The Hall–Kier alpha value is -2.60. The molecule has 166 valence electrons. The first-order chi connectivity index (χ1) is 15.5. The largest absolute Gasteiger partial charge is 0.481 e. The number of carbonyl (C=O) groups is 1. The Morgan fingerprint density at radius 1 is 1.06 bits per heavy atom. The van der Waals surface area contributed by atoms with E-state index in [1.807, 2.05) is 55.5 Å². The third-order valence-corrected chi connectivity index (χ3v) is 6.59. The van der Waals surface area contributed by atoms with Gasteiger partial charge in [0, 0.05) is 47.8 Å². The predicted octanol–water partition coefficient (Wildman–Crippen LogP) is 5.41. The number of pyridine rings is 1. The number of rotatable bonds is 7. The van der Waals surface area contributed by atoms with E-state index in [0.717, 1.165) is 39.9 Å². The summed E-state index contributed by atoms with van der Waals surface area (Å²) in [7, 11) is 1.61. The van der Waals surface area contributed by atoms with E-state index in [1.54, 1.807) is 7.11 Å². The number of nitrogens with one attached hydrogen (secondary N) is 2. The number of hydrogen-bond donors (Lipinski definition) is 2. The summed E-state index contributed by atoms with van der Waals surface area (Å²) in [5.41, 5.74) is 5.24. The molecule has 0 radical (unpaired) electrons. The average molecular weight is 470 g/mol. The van der Waals surface area contributed by atoms with E-state index in [4.69, 9.17) is 32.9 Å². The molecule has 1 aromatic heterocycles. The molecule has 5 nitrogen and oxygen atoms in total. The van der Waals surface area contributed by atoms with Gasteiger partial charge in [0.25, 0.3) is 0 Å². The summed E-state index contributed by atoms with van der Waals surface area (Å²) in [6, 6.07) is 15.9. The zero-order valence-corrected chi connectivity index (χ0v) is 19.6. The number of nitrogens with zero attached hydrogens (tertiary/aromatic N) is 1. The van der Waals surface area contributed by atoms with Crippen molar-refractivity contribution in [3.63, 3.8) is 0 Å². The minimum absolute atomic E-state index is 0.117. The van der Waals surface area contributed by atoms with Crippen LogP contribution < -0.4 is 15.4 Å². The van der Waals surface area contributed by atoms with Crippen LogP contribution in [0.25, 0.3) is 22.4 Å². The van der Waals surface area contributed by atoms with Crippen molar-refractivity contribution < 1.29 is 9.53 Å². The fourth-order valence-corrected chi connectivity index (χ4v) is 4.49. The van der Waals surface area contributed by atoms with Gasteiger partial charge in [-0.3, -0.25) is 4.79 Å². The number of halogens is 2. The molecule has 0 aliphatic carbocycles. The molecule has 4 rings (SSSR count). The van der Waals surface area contributed by atoms with Crippen LogP contribution in [0.4, 0.5) is 0 Å². The van der Waals surface area contributed by atoms with E-state index >= 15 is 0 Å². The van der Waals surface area contributed by atoms with Crippen molar-refractivity contribution in [1.29, 1.82) is 0 Å². The predicted molar refractivity (Wildman–Crippen MR) is 129 cm³/mol. The number of aromatic nitrogens is 1. The molecule has 0 spiro atoms. The molecule has 7 heteroatoms. The molecule has 1 aliphatic rings. The van der Waals surface area contributed by atoms with Gasteiger partial charge in [-0.2, -0.15) is 0 Å². The Kier molecular flexibility index (Phi) is 6.99. The van der Waals surface area contributed by atoms with Crippen molar-refractivity contribution in [1.82, 2.24) is 15.6 Å². The summed E-state index contributed by atoms with van der Waals surface area (Å²) < 4.78 is 5.55. The fourth-order valence-electron chi connectivity index (χ4n) is 3.94. The Morgan fingerprint density at radius 2 is 1.78 bits per heavy atom. The van der Waals surface area contributed by atoms with E-state index in [2.05, 4.69) is 10.6 Å². The van der Waals surface area contributed by atoms with Gasteiger partial charge in [-0.25, -0.2) is 4.98 Å². The Morgan fingerprint density at radius 3 is 2.50 bits per heavy atom. The Balaban J connectivity index is 1.57. The molecule has 32 heavy (non-hydrogen) atoms. The minimum Gasteiger partial charge on any atom is -0.481 e. The molecule has 1 aliphatic heterocycles. The molecule has 0 unspecified atom stereocenters. The van der Waals surface area contributed by atoms with Gasteiger partial charge in [-0.1, -0.05) is 65.7 Å².